The molecule has 0 unspecified atom stereocenters. The second-order valence-corrected chi connectivity index (χ2v) is 4.73. The Morgan fingerprint density at radius 2 is 1.95 bits per heavy atom. The van der Waals surface area contributed by atoms with Crippen molar-refractivity contribution < 1.29 is 14.3 Å². The molecule has 4 nitrogen and oxygen atoms in total. The van der Waals surface area contributed by atoms with Crippen LogP contribution < -0.4 is 5.32 Å². The topological polar surface area (TPSA) is 55.4 Å². The monoisotopic (exact) mass is 275 g/mol. The van der Waals surface area contributed by atoms with Gasteiger partial charge in [0.05, 0.1) is 0 Å². The fraction of sp³-hybridized carbons (Fsp3) is 0.375. The second kappa shape index (κ2) is 8.15. The Kier molecular flexibility index (Phi) is 6.50. The van der Waals surface area contributed by atoms with Crippen LogP contribution in [0.15, 0.2) is 30.3 Å². The molecule has 4 heteroatoms. The summed E-state index contributed by atoms with van der Waals surface area (Å²) in [6.07, 6.45) is 3.82. The lowest BCUT2D eigenvalue weighted by molar-refractivity contribution is -0.144. The molecule has 0 spiro atoms. The molecule has 1 rings (SSSR count). The third-order valence-corrected chi connectivity index (χ3v) is 2.85. The average molecular weight is 275 g/mol. The standard InChI is InChI=1S/C16H21NO3/c1-4-13(3)17-15(18)11-20-16(19)10-9-14-7-5-12(2)6-8-14/h5-10,13H,4,11H2,1-3H3,(H,17,18)/b10-9+/t13-/m1/s1. The van der Waals surface area contributed by atoms with Gasteiger partial charge < -0.3 is 10.1 Å². The van der Waals surface area contributed by atoms with Crippen LogP contribution >= 0.6 is 0 Å². The van der Waals surface area contributed by atoms with Crippen LogP contribution in [0, 0.1) is 6.92 Å². The van der Waals surface area contributed by atoms with E-state index in [9.17, 15) is 9.59 Å². The van der Waals surface area contributed by atoms with Crippen LogP contribution in [0.2, 0.25) is 0 Å². The maximum Gasteiger partial charge on any atom is 0.331 e. The molecule has 20 heavy (non-hydrogen) atoms. The van der Waals surface area contributed by atoms with Gasteiger partial charge in [-0.1, -0.05) is 36.8 Å². The van der Waals surface area contributed by atoms with Crippen LogP contribution in [0.1, 0.15) is 31.4 Å². The van der Waals surface area contributed by atoms with Gasteiger partial charge in [0, 0.05) is 12.1 Å². The number of hydrogen-bond donors (Lipinski definition) is 1. The Labute approximate surface area is 119 Å². The number of carbonyl (C=O) groups excluding carboxylic acids is 2. The van der Waals surface area contributed by atoms with Gasteiger partial charge in [-0.3, -0.25) is 4.79 Å². The highest BCUT2D eigenvalue weighted by atomic mass is 16.5. The number of hydrogen-bond acceptors (Lipinski definition) is 3. The number of carbonyl (C=O) groups is 2. The molecule has 0 saturated carbocycles. The van der Waals surface area contributed by atoms with Crippen LogP contribution in [0.3, 0.4) is 0 Å². The smallest absolute Gasteiger partial charge is 0.331 e. The molecule has 108 valence electrons. The van der Waals surface area contributed by atoms with Crippen LogP contribution in [0.25, 0.3) is 6.08 Å². The molecule has 1 aromatic carbocycles. The van der Waals surface area contributed by atoms with Crippen molar-refractivity contribution in [1.29, 1.82) is 0 Å². The molecular formula is C16H21NO3. The third-order valence-electron chi connectivity index (χ3n) is 2.85. The van der Waals surface area contributed by atoms with E-state index in [0.29, 0.717) is 0 Å². The Balaban J connectivity index is 2.36. The van der Waals surface area contributed by atoms with Gasteiger partial charge in [-0.15, -0.1) is 0 Å². The zero-order chi connectivity index (χ0) is 15.0. The third kappa shape index (κ3) is 6.18. The first-order valence-corrected chi connectivity index (χ1v) is 6.72. The molecule has 1 amide bonds. The van der Waals surface area contributed by atoms with Crippen molar-refractivity contribution in [1.82, 2.24) is 5.32 Å². The number of ether oxygens (including phenoxy) is 1. The predicted octanol–water partition coefficient (Wildman–Crippen LogP) is 2.47. The number of nitrogens with one attached hydrogen (secondary N) is 1. The molecule has 1 aromatic rings. The van der Waals surface area contributed by atoms with Crippen molar-refractivity contribution in [3.05, 3.63) is 41.5 Å². The minimum atomic E-state index is -0.523. The molecule has 1 atom stereocenters. The first-order valence-electron chi connectivity index (χ1n) is 6.72. The Morgan fingerprint density at radius 1 is 1.30 bits per heavy atom. The summed E-state index contributed by atoms with van der Waals surface area (Å²) in [4.78, 5) is 22.9. The summed E-state index contributed by atoms with van der Waals surface area (Å²) in [6.45, 7) is 5.62. The molecule has 0 aliphatic carbocycles. The zero-order valence-corrected chi connectivity index (χ0v) is 12.2. The molecule has 0 aliphatic rings. The van der Waals surface area contributed by atoms with Crippen LogP contribution in [-0.4, -0.2) is 24.5 Å². The maximum atomic E-state index is 11.5. The van der Waals surface area contributed by atoms with E-state index in [1.807, 2.05) is 45.0 Å². The average Bonchev–Trinajstić information content (AvgIpc) is 2.44. The lowest BCUT2D eigenvalue weighted by Crippen LogP contribution is -2.35. The second-order valence-electron chi connectivity index (χ2n) is 4.73. The Morgan fingerprint density at radius 3 is 2.55 bits per heavy atom. The van der Waals surface area contributed by atoms with Gasteiger partial charge in [0.1, 0.15) is 0 Å². The number of esters is 1. The van der Waals surface area contributed by atoms with Gasteiger partial charge in [0.25, 0.3) is 5.91 Å². The van der Waals surface area contributed by atoms with E-state index in [1.165, 1.54) is 6.08 Å². The van der Waals surface area contributed by atoms with E-state index in [1.54, 1.807) is 6.08 Å². The summed E-state index contributed by atoms with van der Waals surface area (Å²) in [5.41, 5.74) is 2.07. The first-order chi connectivity index (χ1) is 9.51. The fourth-order valence-corrected chi connectivity index (χ4v) is 1.45. The van der Waals surface area contributed by atoms with E-state index in [4.69, 9.17) is 4.74 Å². The molecule has 0 aromatic heterocycles. The van der Waals surface area contributed by atoms with Gasteiger partial charge in [-0.05, 0) is 31.9 Å². The van der Waals surface area contributed by atoms with Crippen LogP contribution in [0.5, 0.6) is 0 Å². The van der Waals surface area contributed by atoms with Crippen LogP contribution in [-0.2, 0) is 14.3 Å². The summed E-state index contributed by atoms with van der Waals surface area (Å²) < 4.78 is 4.86. The van der Waals surface area contributed by atoms with Gasteiger partial charge in [-0.2, -0.15) is 0 Å². The molecular weight excluding hydrogens is 254 g/mol. The number of rotatable bonds is 6. The van der Waals surface area contributed by atoms with Crippen molar-refractivity contribution >= 4 is 18.0 Å². The van der Waals surface area contributed by atoms with Crippen molar-refractivity contribution in [3.8, 4) is 0 Å². The fourth-order valence-electron chi connectivity index (χ4n) is 1.45. The summed E-state index contributed by atoms with van der Waals surface area (Å²) in [5.74, 6) is -0.804. The van der Waals surface area contributed by atoms with E-state index >= 15 is 0 Å². The molecule has 0 aliphatic heterocycles. The molecule has 0 fully saturated rings. The van der Waals surface area contributed by atoms with Gasteiger partial charge in [-0.25, -0.2) is 4.79 Å². The molecule has 0 radical (unpaired) electrons. The van der Waals surface area contributed by atoms with Gasteiger partial charge >= 0.3 is 5.97 Å². The highest BCUT2D eigenvalue weighted by Gasteiger charge is 2.07. The molecule has 1 N–H and O–H groups in total. The normalized spacial score (nSPS) is 12.2. The van der Waals surface area contributed by atoms with E-state index in [0.717, 1.165) is 17.5 Å². The van der Waals surface area contributed by atoms with E-state index < -0.39 is 5.97 Å². The lowest BCUT2D eigenvalue weighted by Gasteiger charge is -2.10. The highest BCUT2D eigenvalue weighted by molar-refractivity contribution is 5.89. The summed E-state index contributed by atoms with van der Waals surface area (Å²) >= 11 is 0. The van der Waals surface area contributed by atoms with Gasteiger partial charge in [0.15, 0.2) is 6.61 Å². The minimum absolute atomic E-state index is 0.0873. The highest BCUT2D eigenvalue weighted by Crippen LogP contribution is 2.05. The van der Waals surface area contributed by atoms with Gasteiger partial charge in [0.2, 0.25) is 0 Å². The lowest BCUT2D eigenvalue weighted by atomic mass is 10.1. The van der Waals surface area contributed by atoms with E-state index in [-0.39, 0.29) is 18.6 Å². The first kappa shape index (κ1) is 16.0. The Bertz CT molecular complexity index is 477. The zero-order valence-electron chi connectivity index (χ0n) is 12.2. The number of amides is 1. The quantitative estimate of drug-likeness (QED) is 0.641. The molecule has 0 heterocycles. The number of benzene rings is 1. The minimum Gasteiger partial charge on any atom is -0.452 e. The number of aryl methyl sites for hydroxylation is 1. The summed E-state index contributed by atoms with van der Waals surface area (Å²) in [6, 6.07) is 7.84. The van der Waals surface area contributed by atoms with Crippen molar-refractivity contribution in [3.63, 3.8) is 0 Å². The Hall–Kier alpha value is -2.10. The predicted molar refractivity (Wildman–Crippen MR) is 79.1 cm³/mol. The van der Waals surface area contributed by atoms with E-state index in [2.05, 4.69) is 5.32 Å². The SMILES string of the molecule is CC[C@@H](C)NC(=O)COC(=O)/C=C/c1ccc(C)cc1. The van der Waals surface area contributed by atoms with Crippen LogP contribution in [0.4, 0.5) is 0 Å². The van der Waals surface area contributed by atoms with Crippen molar-refractivity contribution in [2.24, 2.45) is 0 Å². The summed E-state index contributed by atoms with van der Waals surface area (Å²) in [5, 5.41) is 2.72. The summed E-state index contributed by atoms with van der Waals surface area (Å²) in [7, 11) is 0. The maximum absolute atomic E-state index is 11.5. The molecule has 0 saturated heterocycles. The molecule has 0 bridgehead atoms. The van der Waals surface area contributed by atoms with Crippen molar-refractivity contribution in [2.45, 2.75) is 33.2 Å². The largest absolute Gasteiger partial charge is 0.452 e. The van der Waals surface area contributed by atoms with Crippen molar-refractivity contribution in [2.75, 3.05) is 6.61 Å².